The smallest absolute Gasteiger partial charge is 0.398 e. The molecule has 1 saturated heterocycles. The van der Waals surface area contributed by atoms with E-state index in [2.05, 4.69) is 5.10 Å². The van der Waals surface area contributed by atoms with Gasteiger partial charge in [-0.3, -0.25) is 9.48 Å². The Morgan fingerprint density at radius 3 is 2.24 bits per heavy atom. The van der Waals surface area contributed by atoms with Crippen molar-refractivity contribution in [1.82, 2.24) is 9.78 Å². The molecule has 1 aliphatic heterocycles. The van der Waals surface area contributed by atoms with Crippen LogP contribution in [0.2, 0.25) is 0 Å². The highest BCUT2D eigenvalue weighted by Gasteiger charge is 2.52. The molecule has 6 heteroatoms. The van der Waals surface area contributed by atoms with Crippen LogP contribution in [0.4, 0.5) is 0 Å². The number of carbonyl (C=O) groups excluding carboxylic acids is 1. The first-order valence-corrected chi connectivity index (χ1v) is 5.61. The number of aromatic nitrogens is 2. The highest BCUT2D eigenvalue weighted by atomic mass is 16.7. The van der Waals surface area contributed by atoms with Crippen LogP contribution in [0.1, 0.15) is 38.2 Å². The first kappa shape index (κ1) is 12.3. The monoisotopic (exact) mass is 236 g/mol. The molecule has 0 radical (unpaired) electrons. The number of aldehydes is 1. The van der Waals surface area contributed by atoms with Crippen LogP contribution >= 0.6 is 0 Å². The summed E-state index contributed by atoms with van der Waals surface area (Å²) in [6.07, 6.45) is 0.717. The summed E-state index contributed by atoms with van der Waals surface area (Å²) < 4.78 is 13.4. The molecule has 0 saturated carbocycles. The van der Waals surface area contributed by atoms with Gasteiger partial charge in [0.2, 0.25) is 0 Å². The van der Waals surface area contributed by atoms with Gasteiger partial charge in [-0.15, -0.1) is 0 Å². The highest BCUT2D eigenvalue weighted by molar-refractivity contribution is 6.61. The van der Waals surface area contributed by atoms with E-state index in [-0.39, 0.29) is 11.2 Å². The van der Waals surface area contributed by atoms with Crippen molar-refractivity contribution in [2.45, 2.75) is 38.9 Å². The zero-order chi connectivity index (χ0) is 12.8. The van der Waals surface area contributed by atoms with Crippen molar-refractivity contribution in [3.05, 3.63) is 11.8 Å². The zero-order valence-corrected chi connectivity index (χ0v) is 10.9. The number of carbonyl (C=O) groups is 1. The lowest BCUT2D eigenvalue weighted by atomic mass is 9.84. The number of aryl methyl sites for hydroxylation is 1. The molecule has 0 atom stereocenters. The summed E-state index contributed by atoms with van der Waals surface area (Å²) in [5, 5.41) is 4.06. The summed E-state index contributed by atoms with van der Waals surface area (Å²) in [6.45, 7) is 7.96. The van der Waals surface area contributed by atoms with E-state index in [1.54, 1.807) is 17.8 Å². The molecule has 0 unspecified atom stereocenters. The summed E-state index contributed by atoms with van der Waals surface area (Å²) in [5.74, 6) is 0. The van der Waals surface area contributed by atoms with Gasteiger partial charge < -0.3 is 9.31 Å². The number of nitrogens with zero attached hydrogens (tertiary/aromatic N) is 2. The molecule has 0 bridgehead atoms. The van der Waals surface area contributed by atoms with Crippen LogP contribution in [-0.4, -0.2) is 34.4 Å². The zero-order valence-electron chi connectivity index (χ0n) is 10.9. The molecule has 92 valence electrons. The molecule has 17 heavy (non-hydrogen) atoms. The molecule has 5 nitrogen and oxygen atoms in total. The van der Waals surface area contributed by atoms with Crippen LogP contribution in [0.3, 0.4) is 0 Å². The molecule has 2 rings (SSSR count). The second-order valence-corrected chi connectivity index (χ2v) is 5.32. The number of rotatable bonds is 2. The Hall–Kier alpha value is -1.14. The second-order valence-electron chi connectivity index (χ2n) is 5.32. The molecule has 0 N–H and O–H groups in total. The van der Waals surface area contributed by atoms with Gasteiger partial charge in [0.15, 0.2) is 6.29 Å². The highest BCUT2D eigenvalue weighted by Crippen LogP contribution is 2.36. The lowest BCUT2D eigenvalue weighted by Gasteiger charge is -2.32. The van der Waals surface area contributed by atoms with Crippen LogP contribution in [-0.2, 0) is 16.4 Å². The van der Waals surface area contributed by atoms with Crippen LogP contribution < -0.4 is 5.59 Å². The van der Waals surface area contributed by atoms with Crippen molar-refractivity contribution in [2.24, 2.45) is 7.05 Å². The standard InChI is InChI=1S/C11H17BN2O3/c1-10(2)11(3,4)17-12(16-10)9-6-8(7-15)13-14(9)5/h6-7H,1-5H3. The predicted molar refractivity (Wildman–Crippen MR) is 64.3 cm³/mol. The number of hydrogen-bond acceptors (Lipinski definition) is 4. The first-order chi connectivity index (χ1) is 7.77. The molecular formula is C11H17BN2O3. The van der Waals surface area contributed by atoms with Gasteiger partial charge >= 0.3 is 7.12 Å². The normalized spacial score (nSPS) is 21.8. The maximum atomic E-state index is 10.7. The summed E-state index contributed by atoms with van der Waals surface area (Å²) in [4.78, 5) is 10.7. The van der Waals surface area contributed by atoms with Crippen molar-refractivity contribution in [1.29, 1.82) is 0 Å². The average Bonchev–Trinajstić information content (AvgIpc) is 2.66. The molecule has 1 aromatic rings. The molecule has 0 aromatic carbocycles. The Morgan fingerprint density at radius 2 is 1.82 bits per heavy atom. The summed E-state index contributed by atoms with van der Waals surface area (Å²) in [5.41, 5.74) is 0.370. The minimum absolute atomic E-state index is 0.386. The van der Waals surface area contributed by atoms with Gasteiger partial charge in [0.05, 0.1) is 16.8 Å². The molecule has 1 aliphatic rings. The Labute approximate surface area is 101 Å². The van der Waals surface area contributed by atoms with Gasteiger partial charge in [-0.1, -0.05) is 0 Å². The van der Waals surface area contributed by atoms with E-state index < -0.39 is 7.12 Å². The third kappa shape index (κ3) is 1.91. The van der Waals surface area contributed by atoms with Crippen LogP contribution in [0.25, 0.3) is 0 Å². The lowest BCUT2D eigenvalue weighted by molar-refractivity contribution is 0.00578. The van der Waals surface area contributed by atoms with Gasteiger partial charge in [0.1, 0.15) is 5.69 Å². The van der Waals surface area contributed by atoms with E-state index in [4.69, 9.17) is 9.31 Å². The van der Waals surface area contributed by atoms with Crippen molar-refractivity contribution in [2.75, 3.05) is 0 Å². The SMILES string of the molecule is Cn1nc(C=O)cc1B1OC(C)(C)C(C)(C)O1. The van der Waals surface area contributed by atoms with Crippen LogP contribution in [0.5, 0.6) is 0 Å². The van der Waals surface area contributed by atoms with E-state index >= 15 is 0 Å². The molecule has 1 fully saturated rings. The quantitative estimate of drug-likeness (QED) is 0.555. The van der Waals surface area contributed by atoms with E-state index in [9.17, 15) is 4.79 Å². The van der Waals surface area contributed by atoms with Crippen molar-refractivity contribution < 1.29 is 14.1 Å². The van der Waals surface area contributed by atoms with Gasteiger partial charge in [0.25, 0.3) is 0 Å². The topological polar surface area (TPSA) is 53.4 Å². The van der Waals surface area contributed by atoms with Crippen LogP contribution in [0.15, 0.2) is 6.07 Å². The third-order valence-corrected chi connectivity index (χ3v) is 3.55. The number of hydrogen-bond donors (Lipinski definition) is 0. The van der Waals surface area contributed by atoms with Crippen molar-refractivity contribution in [3.8, 4) is 0 Å². The van der Waals surface area contributed by atoms with Gasteiger partial charge in [0, 0.05) is 7.05 Å². The molecule has 1 aromatic heterocycles. The lowest BCUT2D eigenvalue weighted by Crippen LogP contribution is -2.41. The van der Waals surface area contributed by atoms with Gasteiger partial charge in [-0.2, -0.15) is 5.10 Å². The summed E-state index contributed by atoms with van der Waals surface area (Å²) >= 11 is 0. The maximum Gasteiger partial charge on any atom is 0.514 e. The molecular weight excluding hydrogens is 219 g/mol. The van der Waals surface area contributed by atoms with E-state index in [0.29, 0.717) is 5.69 Å². The molecule has 0 aliphatic carbocycles. The second kappa shape index (κ2) is 3.68. The fraction of sp³-hybridized carbons (Fsp3) is 0.636. The van der Waals surface area contributed by atoms with Gasteiger partial charge in [-0.05, 0) is 33.8 Å². The van der Waals surface area contributed by atoms with Crippen molar-refractivity contribution in [3.63, 3.8) is 0 Å². The predicted octanol–water partition coefficient (Wildman–Crippen LogP) is 0.532. The largest absolute Gasteiger partial charge is 0.514 e. The Balaban J connectivity index is 2.31. The minimum Gasteiger partial charge on any atom is -0.398 e. The first-order valence-electron chi connectivity index (χ1n) is 5.61. The third-order valence-electron chi connectivity index (χ3n) is 3.55. The molecule has 0 spiro atoms. The average molecular weight is 236 g/mol. The van der Waals surface area contributed by atoms with Crippen LogP contribution in [0, 0.1) is 0 Å². The Bertz CT molecular complexity index is 438. The van der Waals surface area contributed by atoms with Gasteiger partial charge in [-0.25, -0.2) is 0 Å². The fourth-order valence-electron chi connectivity index (χ4n) is 1.75. The maximum absolute atomic E-state index is 10.7. The molecule has 0 amide bonds. The fourth-order valence-corrected chi connectivity index (χ4v) is 1.75. The Kier molecular flexibility index (Phi) is 2.67. The van der Waals surface area contributed by atoms with Crippen molar-refractivity contribution >= 4 is 19.0 Å². The summed E-state index contributed by atoms with van der Waals surface area (Å²) in [6, 6.07) is 1.69. The minimum atomic E-state index is -0.480. The summed E-state index contributed by atoms with van der Waals surface area (Å²) in [7, 11) is 1.29. The van der Waals surface area contributed by atoms with E-state index in [1.165, 1.54) is 0 Å². The molecule has 2 heterocycles. The van der Waals surface area contributed by atoms with E-state index in [1.807, 2.05) is 27.7 Å². The Morgan fingerprint density at radius 1 is 1.29 bits per heavy atom. The van der Waals surface area contributed by atoms with E-state index in [0.717, 1.165) is 11.9 Å².